The van der Waals surface area contributed by atoms with Crippen LogP contribution in [0.3, 0.4) is 0 Å². The first-order chi connectivity index (χ1) is 11.7. The van der Waals surface area contributed by atoms with Crippen LogP contribution in [0.2, 0.25) is 0 Å². The molecule has 2 heterocycles. The zero-order chi connectivity index (χ0) is 18.6. The first-order valence-corrected chi connectivity index (χ1v) is 8.64. The summed E-state index contributed by atoms with van der Waals surface area (Å²) in [7, 11) is -5.01. The Bertz CT molecular complexity index is 778. The van der Waals surface area contributed by atoms with Crippen molar-refractivity contribution >= 4 is 33.7 Å². The lowest BCUT2D eigenvalue weighted by Crippen LogP contribution is -2.55. The third kappa shape index (κ3) is 5.22. The SMILES string of the molecule is CCNC(=O)C(=O)c1nc(N2CCOCC2)cc(N)[n+]1OS(=O)(=O)O.[OH-]. The van der Waals surface area contributed by atoms with E-state index in [-0.39, 0.29) is 28.4 Å². The number of aromatic nitrogens is 2. The van der Waals surface area contributed by atoms with Crippen molar-refractivity contribution in [3.05, 3.63) is 11.9 Å². The molecule has 0 atom stereocenters. The Kier molecular flexibility index (Phi) is 7.19. The van der Waals surface area contributed by atoms with Crippen LogP contribution >= 0.6 is 0 Å². The highest BCUT2D eigenvalue weighted by molar-refractivity contribution is 7.80. The zero-order valence-corrected chi connectivity index (χ0v) is 14.6. The van der Waals surface area contributed by atoms with E-state index in [1.165, 1.54) is 6.07 Å². The molecule has 0 radical (unpaired) electrons. The highest BCUT2D eigenvalue weighted by atomic mass is 32.3. The predicted molar refractivity (Wildman–Crippen MR) is 85.0 cm³/mol. The Hall–Kier alpha value is -2.55. The van der Waals surface area contributed by atoms with Crippen LogP contribution in [0.25, 0.3) is 0 Å². The summed E-state index contributed by atoms with van der Waals surface area (Å²) in [5.41, 5.74) is 5.73. The van der Waals surface area contributed by atoms with E-state index in [0.29, 0.717) is 26.3 Å². The van der Waals surface area contributed by atoms with Gasteiger partial charge in [0.15, 0.2) is 0 Å². The fraction of sp³-hybridized carbons (Fsp3) is 0.500. The second-order valence-electron chi connectivity index (χ2n) is 4.95. The van der Waals surface area contributed by atoms with Crippen LogP contribution in [0.4, 0.5) is 11.6 Å². The van der Waals surface area contributed by atoms with Crippen LogP contribution in [-0.2, 0) is 19.9 Å². The average molecular weight is 393 g/mol. The fourth-order valence-corrected chi connectivity index (χ4v) is 2.46. The molecule has 1 aliphatic heterocycles. The van der Waals surface area contributed by atoms with Gasteiger partial charge in [-0.2, -0.15) is 8.42 Å². The lowest BCUT2D eigenvalue weighted by Gasteiger charge is -2.26. The summed E-state index contributed by atoms with van der Waals surface area (Å²) < 4.78 is 40.6. The Morgan fingerprint density at radius 3 is 2.62 bits per heavy atom. The maximum absolute atomic E-state index is 12.3. The van der Waals surface area contributed by atoms with Crippen molar-refractivity contribution in [1.82, 2.24) is 10.3 Å². The molecule has 1 saturated heterocycles. The molecule has 0 spiro atoms. The van der Waals surface area contributed by atoms with Gasteiger partial charge in [-0.1, -0.05) is 4.98 Å². The Balaban J connectivity index is 0.00000338. The number of ketones is 1. The van der Waals surface area contributed by atoms with E-state index in [1.807, 2.05) is 0 Å². The van der Waals surface area contributed by atoms with Gasteiger partial charge in [0, 0.05) is 19.6 Å². The number of anilines is 2. The highest BCUT2D eigenvalue weighted by Crippen LogP contribution is 2.15. The molecule has 14 heteroatoms. The maximum Gasteiger partial charge on any atom is 0.476 e. The minimum atomic E-state index is -5.01. The lowest BCUT2D eigenvalue weighted by molar-refractivity contribution is -0.848. The number of nitrogen functional groups attached to an aromatic ring is 1. The molecular weight excluding hydrogens is 374 g/mol. The van der Waals surface area contributed by atoms with Crippen molar-refractivity contribution in [2.24, 2.45) is 0 Å². The smallest absolute Gasteiger partial charge is 0.476 e. The minimum absolute atomic E-state index is 0. The average Bonchev–Trinajstić information content (AvgIpc) is 2.55. The van der Waals surface area contributed by atoms with Gasteiger partial charge in [0.25, 0.3) is 11.7 Å². The van der Waals surface area contributed by atoms with Crippen molar-refractivity contribution in [1.29, 1.82) is 0 Å². The summed E-state index contributed by atoms with van der Waals surface area (Å²) in [5.74, 6) is -3.00. The summed E-state index contributed by atoms with van der Waals surface area (Å²) in [6, 6.07) is 1.25. The predicted octanol–water partition coefficient (Wildman–Crippen LogP) is -2.84. The van der Waals surface area contributed by atoms with Gasteiger partial charge in [-0.3, -0.25) is 14.1 Å². The number of nitrogens with zero attached hydrogens (tertiary/aromatic N) is 3. The van der Waals surface area contributed by atoms with Gasteiger partial charge in [0.2, 0.25) is 5.82 Å². The summed E-state index contributed by atoms with van der Waals surface area (Å²) in [5, 5.41) is 2.27. The van der Waals surface area contributed by atoms with E-state index < -0.39 is 27.9 Å². The normalized spacial score (nSPS) is 14.3. The number of carbonyl (C=O) groups excluding carboxylic acids is 2. The van der Waals surface area contributed by atoms with Crippen LogP contribution in [0, 0.1) is 0 Å². The molecule has 5 N–H and O–H groups in total. The van der Waals surface area contributed by atoms with E-state index in [9.17, 15) is 18.0 Å². The topological polar surface area (TPSA) is 195 Å². The molecule has 1 fully saturated rings. The number of Topliss-reactive ketones (excluding diaryl/α,β-unsaturated/α-hetero) is 1. The molecule has 0 bridgehead atoms. The summed E-state index contributed by atoms with van der Waals surface area (Å²) in [6.07, 6.45) is 0. The molecule has 0 aliphatic carbocycles. The minimum Gasteiger partial charge on any atom is -0.870 e. The van der Waals surface area contributed by atoms with Crippen molar-refractivity contribution < 1.29 is 41.8 Å². The number of amides is 1. The molecule has 1 amide bonds. The number of ether oxygens (including phenoxy) is 1. The van der Waals surface area contributed by atoms with Crippen LogP contribution in [0.5, 0.6) is 0 Å². The number of nitrogens with two attached hydrogens (primary N) is 1. The van der Waals surface area contributed by atoms with E-state index in [2.05, 4.69) is 14.6 Å². The zero-order valence-electron chi connectivity index (χ0n) is 13.8. The molecule has 146 valence electrons. The third-order valence-corrected chi connectivity index (χ3v) is 3.51. The Morgan fingerprint density at radius 2 is 2.08 bits per heavy atom. The number of likely N-dealkylation sites (N-methyl/N-ethyl adjacent to an activating group) is 1. The number of carbonyl (C=O) groups is 2. The van der Waals surface area contributed by atoms with E-state index in [0.717, 1.165) is 0 Å². The molecule has 1 aliphatic rings. The lowest BCUT2D eigenvalue weighted by atomic mass is 10.3. The van der Waals surface area contributed by atoms with E-state index in [1.54, 1.807) is 11.8 Å². The molecule has 0 saturated carbocycles. The van der Waals surface area contributed by atoms with Gasteiger partial charge in [0.05, 0.1) is 19.3 Å². The van der Waals surface area contributed by atoms with Crippen molar-refractivity contribution in [2.75, 3.05) is 43.5 Å². The molecule has 26 heavy (non-hydrogen) atoms. The standard InChI is InChI=1S/C12H17N5O7S.H2O/c1-2-14-12(19)10(18)11-15-9(16-3-5-23-6-4-16)7-8(13)17(11)24-25(20,21)22;/h7,13H,2-6H2,1H3,(H2,14,19,20,21,22);1H2. The van der Waals surface area contributed by atoms with Gasteiger partial charge >= 0.3 is 22.0 Å². The Labute approximate surface area is 148 Å². The molecule has 0 unspecified atom stereocenters. The molecule has 13 nitrogen and oxygen atoms in total. The van der Waals surface area contributed by atoms with Crippen LogP contribution in [0.15, 0.2) is 6.07 Å². The first-order valence-electron chi connectivity index (χ1n) is 7.28. The van der Waals surface area contributed by atoms with E-state index >= 15 is 0 Å². The van der Waals surface area contributed by atoms with Gasteiger partial charge < -0.3 is 26.2 Å². The number of hydrogen-bond acceptors (Lipinski definition) is 10. The molecule has 1 aromatic rings. The fourth-order valence-electron chi connectivity index (χ4n) is 2.11. The van der Waals surface area contributed by atoms with Crippen molar-refractivity contribution in [3.8, 4) is 0 Å². The Morgan fingerprint density at radius 1 is 1.46 bits per heavy atom. The number of morpholine rings is 1. The van der Waals surface area contributed by atoms with Gasteiger partial charge in [0.1, 0.15) is 0 Å². The number of hydrogen-bond donors (Lipinski definition) is 3. The molecule has 0 aromatic carbocycles. The quantitative estimate of drug-likeness (QED) is 0.195. The second-order valence-corrected chi connectivity index (χ2v) is 5.95. The first kappa shape index (κ1) is 21.5. The number of rotatable bonds is 6. The molecule has 1 aromatic heterocycles. The summed E-state index contributed by atoms with van der Waals surface area (Å²) in [6.45, 7) is 3.55. The molecule has 2 rings (SSSR count). The highest BCUT2D eigenvalue weighted by Gasteiger charge is 2.34. The summed E-state index contributed by atoms with van der Waals surface area (Å²) in [4.78, 5) is 29.8. The number of nitrogens with one attached hydrogen (secondary N) is 1. The van der Waals surface area contributed by atoms with Gasteiger partial charge in [-0.25, -0.2) is 4.28 Å². The summed E-state index contributed by atoms with van der Waals surface area (Å²) >= 11 is 0. The van der Waals surface area contributed by atoms with Crippen LogP contribution in [-0.4, -0.2) is 68.0 Å². The van der Waals surface area contributed by atoms with Crippen molar-refractivity contribution in [2.45, 2.75) is 6.92 Å². The van der Waals surface area contributed by atoms with Crippen LogP contribution < -0.4 is 25.0 Å². The van der Waals surface area contributed by atoms with Gasteiger partial charge in [-0.05, 0) is 11.7 Å². The maximum atomic E-state index is 12.3. The second kappa shape index (κ2) is 8.70. The molecular formula is C12H19N5O8S. The van der Waals surface area contributed by atoms with E-state index in [4.69, 9.17) is 15.0 Å². The largest absolute Gasteiger partial charge is 0.870 e. The third-order valence-electron chi connectivity index (χ3n) is 3.17. The van der Waals surface area contributed by atoms with Crippen LogP contribution in [0.1, 0.15) is 17.5 Å². The monoisotopic (exact) mass is 393 g/mol. The van der Waals surface area contributed by atoms with Gasteiger partial charge in [-0.15, -0.1) is 0 Å². The van der Waals surface area contributed by atoms with Crippen molar-refractivity contribution in [3.63, 3.8) is 0 Å².